The summed E-state index contributed by atoms with van der Waals surface area (Å²) < 4.78 is 5.51. The van der Waals surface area contributed by atoms with Gasteiger partial charge in [-0.05, 0) is 25.7 Å². The van der Waals surface area contributed by atoms with E-state index in [0.29, 0.717) is 25.9 Å². The van der Waals surface area contributed by atoms with Crippen molar-refractivity contribution in [2.24, 2.45) is 0 Å². The fourth-order valence-corrected chi connectivity index (χ4v) is 12.6. The molecule has 0 fully saturated rings. The number of unbranched alkanes of at least 4 members (excludes halogenated alkanes) is 62. The van der Waals surface area contributed by atoms with E-state index >= 15 is 0 Å². The first-order chi connectivity index (χ1) is 40.5. The van der Waals surface area contributed by atoms with Crippen LogP contribution in [0.25, 0.3) is 0 Å². The van der Waals surface area contributed by atoms with Gasteiger partial charge in [-0.1, -0.05) is 412 Å². The van der Waals surface area contributed by atoms with Crippen molar-refractivity contribution in [1.29, 1.82) is 0 Å². The first kappa shape index (κ1) is 80.9. The van der Waals surface area contributed by atoms with Crippen LogP contribution in [0.1, 0.15) is 450 Å². The Kier molecular flexibility index (Phi) is 71.3. The number of rotatable bonds is 73. The zero-order valence-corrected chi connectivity index (χ0v) is 56.3. The number of esters is 1. The van der Waals surface area contributed by atoms with E-state index in [1.54, 1.807) is 0 Å². The van der Waals surface area contributed by atoms with Crippen LogP contribution in [0, 0.1) is 0 Å². The number of aliphatic hydroxyl groups is 2. The highest BCUT2D eigenvalue weighted by Gasteiger charge is 2.20. The third-order valence-corrected chi connectivity index (χ3v) is 18.4. The molecule has 0 aromatic carbocycles. The minimum Gasteiger partial charge on any atom is -0.466 e. The highest BCUT2D eigenvalue weighted by molar-refractivity contribution is 5.76. The highest BCUT2D eigenvalue weighted by Crippen LogP contribution is 2.20. The van der Waals surface area contributed by atoms with Crippen LogP contribution in [0.4, 0.5) is 0 Å². The summed E-state index contributed by atoms with van der Waals surface area (Å²) in [6.45, 7) is 5.01. The number of hydrogen-bond acceptors (Lipinski definition) is 5. The Balaban J connectivity index is 3.28. The molecule has 82 heavy (non-hydrogen) atoms. The third-order valence-electron chi connectivity index (χ3n) is 18.4. The van der Waals surface area contributed by atoms with Gasteiger partial charge in [0.1, 0.15) is 0 Å². The van der Waals surface area contributed by atoms with Gasteiger partial charge in [0.25, 0.3) is 0 Å². The van der Waals surface area contributed by atoms with E-state index in [0.717, 1.165) is 38.5 Å². The van der Waals surface area contributed by atoms with Gasteiger partial charge in [0.2, 0.25) is 5.91 Å². The van der Waals surface area contributed by atoms with Crippen molar-refractivity contribution in [3.05, 3.63) is 0 Å². The number of carbonyl (C=O) groups is 2. The van der Waals surface area contributed by atoms with Gasteiger partial charge < -0.3 is 20.3 Å². The first-order valence-corrected chi connectivity index (χ1v) is 38.3. The summed E-state index contributed by atoms with van der Waals surface area (Å²) in [5, 5.41) is 23.4. The second-order valence-corrected chi connectivity index (χ2v) is 26.7. The number of hydrogen-bond donors (Lipinski definition) is 3. The van der Waals surface area contributed by atoms with Crippen LogP contribution in [-0.2, 0) is 14.3 Å². The van der Waals surface area contributed by atoms with Crippen LogP contribution in [-0.4, -0.2) is 47.4 Å². The van der Waals surface area contributed by atoms with E-state index in [2.05, 4.69) is 19.2 Å². The van der Waals surface area contributed by atoms with Crippen molar-refractivity contribution < 1.29 is 24.5 Å². The summed E-state index contributed by atoms with van der Waals surface area (Å²) in [5.41, 5.74) is 0. The lowest BCUT2D eigenvalue weighted by Crippen LogP contribution is -2.45. The van der Waals surface area contributed by atoms with Crippen LogP contribution in [0.3, 0.4) is 0 Å². The maximum Gasteiger partial charge on any atom is 0.305 e. The predicted octanol–water partition coefficient (Wildman–Crippen LogP) is 24.9. The second kappa shape index (κ2) is 72.3. The van der Waals surface area contributed by atoms with Gasteiger partial charge in [-0.3, -0.25) is 9.59 Å². The molecular weight excluding hydrogens is 1010 g/mol. The number of amides is 1. The molecule has 2 atom stereocenters. The molecule has 0 saturated heterocycles. The predicted molar refractivity (Wildman–Crippen MR) is 361 cm³/mol. The van der Waals surface area contributed by atoms with Gasteiger partial charge in [-0.25, -0.2) is 0 Å². The Hall–Kier alpha value is -1.14. The zero-order chi connectivity index (χ0) is 59.2. The molecule has 0 saturated carbocycles. The Labute approximate surface area is 515 Å². The summed E-state index contributed by atoms with van der Waals surface area (Å²) in [5.74, 6) is 0.00126. The molecule has 3 N–H and O–H groups in total. The van der Waals surface area contributed by atoms with Gasteiger partial charge in [0.05, 0.1) is 25.4 Å². The van der Waals surface area contributed by atoms with Crippen LogP contribution in [0.2, 0.25) is 0 Å². The van der Waals surface area contributed by atoms with Gasteiger partial charge >= 0.3 is 5.97 Å². The normalized spacial score (nSPS) is 12.4. The molecule has 0 bridgehead atoms. The molecule has 0 aromatic rings. The van der Waals surface area contributed by atoms with E-state index in [1.165, 1.54) is 379 Å². The van der Waals surface area contributed by atoms with Crippen LogP contribution >= 0.6 is 0 Å². The fourth-order valence-electron chi connectivity index (χ4n) is 12.6. The maximum atomic E-state index is 12.5. The molecule has 0 aromatic heterocycles. The Morgan fingerprint density at radius 1 is 0.293 bits per heavy atom. The molecule has 0 heterocycles. The Bertz CT molecular complexity index is 1200. The average molecular weight is 1160 g/mol. The molecule has 0 spiro atoms. The van der Waals surface area contributed by atoms with E-state index in [4.69, 9.17) is 4.74 Å². The van der Waals surface area contributed by atoms with Crippen molar-refractivity contribution in [3.8, 4) is 0 Å². The van der Waals surface area contributed by atoms with Crippen molar-refractivity contribution in [2.45, 2.75) is 463 Å². The first-order valence-electron chi connectivity index (χ1n) is 38.3. The van der Waals surface area contributed by atoms with E-state index < -0.39 is 12.1 Å². The lowest BCUT2D eigenvalue weighted by atomic mass is 10.0. The molecule has 1 amide bonds. The highest BCUT2D eigenvalue weighted by atomic mass is 16.5. The molecule has 490 valence electrons. The summed E-state index contributed by atoms with van der Waals surface area (Å²) >= 11 is 0. The van der Waals surface area contributed by atoms with Gasteiger partial charge in [-0.15, -0.1) is 0 Å². The number of nitrogens with one attached hydrogen (secondary N) is 1. The van der Waals surface area contributed by atoms with Crippen LogP contribution in [0.15, 0.2) is 0 Å². The SMILES string of the molecule is CCCCCCCCCCCCCCCCCC(=O)OCCCCCCCCCCCCCCCCCCCCCCCCCCCCCCCCCCCCCC(=O)NC(CO)C(O)CCCCCCCCCCCCCCCCC. The maximum absolute atomic E-state index is 12.5. The Morgan fingerprint density at radius 2 is 0.500 bits per heavy atom. The summed E-state index contributed by atoms with van der Waals surface area (Å²) in [7, 11) is 0. The van der Waals surface area contributed by atoms with Gasteiger partial charge in [0.15, 0.2) is 0 Å². The number of aliphatic hydroxyl groups excluding tert-OH is 2. The Morgan fingerprint density at radius 3 is 0.744 bits per heavy atom. The van der Waals surface area contributed by atoms with Gasteiger partial charge in [0, 0.05) is 12.8 Å². The molecular formula is C76H151NO5. The number of carbonyl (C=O) groups excluding carboxylic acids is 2. The van der Waals surface area contributed by atoms with Crippen molar-refractivity contribution in [3.63, 3.8) is 0 Å². The molecule has 0 aliphatic heterocycles. The van der Waals surface area contributed by atoms with Crippen LogP contribution in [0.5, 0.6) is 0 Å². The van der Waals surface area contributed by atoms with E-state index in [1.807, 2.05) is 0 Å². The average Bonchev–Trinajstić information content (AvgIpc) is 3.48. The largest absolute Gasteiger partial charge is 0.466 e. The minimum absolute atomic E-state index is 0.0255. The van der Waals surface area contributed by atoms with Gasteiger partial charge in [-0.2, -0.15) is 0 Å². The smallest absolute Gasteiger partial charge is 0.305 e. The molecule has 6 nitrogen and oxygen atoms in total. The number of ether oxygens (including phenoxy) is 1. The lowest BCUT2D eigenvalue weighted by Gasteiger charge is -2.22. The topological polar surface area (TPSA) is 95.9 Å². The zero-order valence-electron chi connectivity index (χ0n) is 56.3. The van der Waals surface area contributed by atoms with Crippen molar-refractivity contribution in [1.82, 2.24) is 5.32 Å². The monoisotopic (exact) mass is 1160 g/mol. The summed E-state index contributed by atoms with van der Waals surface area (Å²) in [6, 6.07) is -0.536. The summed E-state index contributed by atoms with van der Waals surface area (Å²) in [4.78, 5) is 24.6. The standard InChI is InChI=1S/C76H151NO5/c1-3-5-7-9-11-13-15-17-40-44-48-52-56-60-64-68-74(79)73(72-78)77-75(80)69-65-61-57-53-49-45-42-38-36-34-32-30-28-26-24-22-20-19-21-23-25-27-29-31-33-35-37-39-43-47-51-55-59-63-67-71-82-76(81)70-66-62-58-54-50-46-41-18-16-14-12-10-8-6-4-2/h73-74,78-79H,3-72H2,1-2H3,(H,77,80). The molecule has 0 radical (unpaired) electrons. The third kappa shape index (κ3) is 68.0. The quantitative estimate of drug-likeness (QED) is 0.0417. The second-order valence-electron chi connectivity index (χ2n) is 26.7. The van der Waals surface area contributed by atoms with E-state index in [-0.39, 0.29) is 18.5 Å². The van der Waals surface area contributed by atoms with Crippen molar-refractivity contribution >= 4 is 11.9 Å². The van der Waals surface area contributed by atoms with Crippen LogP contribution < -0.4 is 5.32 Å². The molecule has 0 rings (SSSR count). The lowest BCUT2D eigenvalue weighted by molar-refractivity contribution is -0.143. The fraction of sp³-hybridized carbons (Fsp3) is 0.974. The molecule has 2 unspecified atom stereocenters. The summed E-state index contributed by atoms with van der Waals surface area (Å²) in [6.07, 6.45) is 89.1. The molecule has 0 aliphatic carbocycles. The molecule has 0 aliphatic rings. The molecule has 6 heteroatoms. The minimum atomic E-state index is -0.659. The van der Waals surface area contributed by atoms with Crippen molar-refractivity contribution in [2.75, 3.05) is 13.2 Å². The van der Waals surface area contributed by atoms with E-state index in [9.17, 15) is 19.8 Å².